The molecule has 7 heteroatoms. The molecule has 0 aliphatic heterocycles. The van der Waals surface area contributed by atoms with E-state index in [-0.39, 0.29) is 18.6 Å². The molecule has 1 heterocycles. The third-order valence-electron chi connectivity index (χ3n) is 3.29. The van der Waals surface area contributed by atoms with Crippen LogP contribution >= 0.6 is 11.3 Å². The zero-order chi connectivity index (χ0) is 17.5. The fourth-order valence-electron chi connectivity index (χ4n) is 2.07. The van der Waals surface area contributed by atoms with Crippen LogP contribution < -0.4 is 14.8 Å². The van der Waals surface area contributed by atoms with Gasteiger partial charge in [-0.1, -0.05) is 6.07 Å². The Labute approximate surface area is 144 Å². The van der Waals surface area contributed by atoms with Crippen molar-refractivity contribution in [2.45, 2.75) is 13.0 Å². The first kappa shape index (κ1) is 17.8. The highest BCUT2D eigenvalue weighted by Crippen LogP contribution is 2.28. The van der Waals surface area contributed by atoms with Gasteiger partial charge in [0.2, 0.25) is 0 Å². The Bertz CT molecular complexity index is 699. The number of methoxy groups -OCH3 is 2. The Hall–Kier alpha value is -2.54. The van der Waals surface area contributed by atoms with Crippen LogP contribution in [0.1, 0.15) is 28.2 Å². The van der Waals surface area contributed by atoms with Crippen molar-refractivity contribution >= 4 is 23.2 Å². The zero-order valence-electron chi connectivity index (χ0n) is 13.7. The van der Waals surface area contributed by atoms with Gasteiger partial charge < -0.3 is 19.5 Å². The van der Waals surface area contributed by atoms with Crippen molar-refractivity contribution in [1.82, 2.24) is 5.32 Å². The largest absolute Gasteiger partial charge is 0.493 e. The zero-order valence-corrected chi connectivity index (χ0v) is 14.5. The standard InChI is InChI=1S/C17H19NO5S/c1-11(15-5-4-8-24-15)18-16(19)10-23-13-7-6-12(17(20)22-3)9-14(13)21-2/h4-9,11H,10H2,1-3H3,(H,18,19). The van der Waals surface area contributed by atoms with E-state index in [4.69, 9.17) is 9.47 Å². The fraction of sp³-hybridized carbons (Fsp3) is 0.294. The van der Waals surface area contributed by atoms with Crippen molar-refractivity contribution in [3.05, 3.63) is 46.2 Å². The number of thiophene rings is 1. The molecular formula is C17H19NO5S. The molecule has 128 valence electrons. The lowest BCUT2D eigenvalue weighted by Gasteiger charge is -2.14. The molecule has 0 radical (unpaired) electrons. The third-order valence-corrected chi connectivity index (χ3v) is 4.35. The van der Waals surface area contributed by atoms with Crippen molar-refractivity contribution in [3.63, 3.8) is 0 Å². The summed E-state index contributed by atoms with van der Waals surface area (Å²) < 4.78 is 15.3. The summed E-state index contributed by atoms with van der Waals surface area (Å²) >= 11 is 1.58. The van der Waals surface area contributed by atoms with E-state index < -0.39 is 5.97 Å². The number of benzene rings is 1. The Morgan fingerprint density at radius 1 is 1.21 bits per heavy atom. The van der Waals surface area contributed by atoms with Crippen molar-refractivity contribution in [3.8, 4) is 11.5 Å². The van der Waals surface area contributed by atoms with E-state index in [1.165, 1.54) is 20.3 Å². The van der Waals surface area contributed by atoms with Crippen molar-refractivity contribution in [1.29, 1.82) is 0 Å². The second-order valence-corrected chi connectivity index (χ2v) is 5.93. The number of carbonyl (C=O) groups is 2. The average molecular weight is 349 g/mol. The maximum atomic E-state index is 12.0. The number of carbonyl (C=O) groups excluding carboxylic acids is 2. The van der Waals surface area contributed by atoms with Crippen LogP contribution in [0, 0.1) is 0 Å². The van der Waals surface area contributed by atoms with E-state index in [0.29, 0.717) is 17.1 Å². The molecule has 0 fully saturated rings. The van der Waals surface area contributed by atoms with Crippen LogP contribution in [0.25, 0.3) is 0 Å². The number of rotatable bonds is 7. The molecule has 1 unspecified atom stereocenters. The van der Waals surface area contributed by atoms with Crippen LogP contribution in [0.3, 0.4) is 0 Å². The van der Waals surface area contributed by atoms with Crippen molar-refractivity contribution in [2.75, 3.05) is 20.8 Å². The molecule has 24 heavy (non-hydrogen) atoms. The molecule has 1 aromatic carbocycles. The highest BCUT2D eigenvalue weighted by atomic mass is 32.1. The molecule has 0 saturated heterocycles. The van der Waals surface area contributed by atoms with Crippen LogP contribution in [-0.4, -0.2) is 32.7 Å². The first-order valence-corrected chi connectivity index (χ1v) is 8.15. The number of esters is 1. The highest BCUT2D eigenvalue weighted by Gasteiger charge is 2.14. The van der Waals surface area contributed by atoms with E-state index in [1.807, 2.05) is 24.4 Å². The smallest absolute Gasteiger partial charge is 0.337 e. The number of nitrogens with one attached hydrogen (secondary N) is 1. The molecule has 0 aliphatic rings. The van der Waals surface area contributed by atoms with Gasteiger partial charge in [0.25, 0.3) is 5.91 Å². The van der Waals surface area contributed by atoms with E-state index in [0.717, 1.165) is 4.88 Å². The molecule has 0 aliphatic carbocycles. The summed E-state index contributed by atoms with van der Waals surface area (Å²) in [5.74, 6) is 0.0263. The summed E-state index contributed by atoms with van der Waals surface area (Å²) in [7, 11) is 2.76. The quantitative estimate of drug-likeness (QED) is 0.778. The van der Waals surface area contributed by atoms with Crippen LogP contribution in [0.2, 0.25) is 0 Å². The molecule has 1 amide bonds. The first-order valence-electron chi connectivity index (χ1n) is 7.27. The van der Waals surface area contributed by atoms with Crippen LogP contribution in [0.4, 0.5) is 0 Å². The molecule has 1 atom stereocenters. The fourth-order valence-corrected chi connectivity index (χ4v) is 2.80. The van der Waals surface area contributed by atoms with E-state index >= 15 is 0 Å². The summed E-state index contributed by atoms with van der Waals surface area (Å²) in [5, 5.41) is 4.82. The highest BCUT2D eigenvalue weighted by molar-refractivity contribution is 7.10. The molecule has 1 N–H and O–H groups in total. The molecule has 0 spiro atoms. The Morgan fingerprint density at radius 2 is 2.00 bits per heavy atom. The number of ether oxygens (including phenoxy) is 3. The molecular weight excluding hydrogens is 330 g/mol. The SMILES string of the molecule is COC(=O)c1ccc(OCC(=O)NC(C)c2cccs2)c(OC)c1. The Kier molecular flexibility index (Phi) is 6.20. The lowest BCUT2D eigenvalue weighted by atomic mass is 10.2. The maximum Gasteiger partial charge on any atom is 0.337 e. The van der Waals surface area contributed by atoms with Gasteiger partial charge in [-0.3, -0.25) is 4.79 Å². The van der Waals surface area contributed by atoms with Crippen LogP contribution in [0.5, 0.6) is 11.5 Å². The van der Waals surface area contributed by atoms with E-state index in [9.17, 15) is 9.59 Å². The van der Waals surface area contributed by atoms with Gasteiger partial charge in [0.1, 0.15) is 0 Å². The summed E-state index contributed by atoms with van der Waals surface area (Å²) in [4.78, 5) is 24.6. The van der Waals surface area contributed by atoms with Crippen LogP contribution in [0.15, 0.2) is 35.7 Å². The van der Waals surface area contributed by atoms with Gasteiger partial charge in [-0.25, -0.2) is 4.79 Å². The van der Waals surface area contributed by atoms with Gasteiger partial charge in [0.05, 0.1) is 25.8 Å². The lowest BCUT2D eigenvalue weighted by molar-refractivity contribution is -0.123. The van der Waals surface area contributed by atoms with Crippen LogP contribution in [-0.2, 0) is 9.53 Å². The monoisotopic (exact) mass is 349 g/mol. The normalized spacial score (nSPS) is 11.5. The molecule has 6 nitrogen and oxygen atoms in total. The molecule has 2 rings (SSSR count). The minimum atomic E-state index is -0.470. The third kappa shape index (κ3) is 4.48. The topological polar surface area (TPSA) is 73.9 Å². The summed E-state index contributed by atoms with van der Waals surface area (Å²) in [6.45, 7) is 1.76. The minimum Gasteiger partial charge on any atom is -0.493 e. The molecule has 1 aromatic heterocycles. The second kappa shape index (κ2) is 8.35. The summed E-state index contributed by atoms with van der Waals surface area (Å²) in [6, 6.07) is 8.45. The van der Waals surface area contributed by atoms with Gasteiger partial charge in [-0.15, -0.1) is 11.3 Å². The first-order chi connectivity index (χ1) is 11.5. The molecule has 0 saturated carbocycles. The predicted octanol–water partition coefficient (Wildman–Crippen LogP) is 2.80. The lowest BCUT2D eigenvalue weighted by Crippen LogP contribution is -2.30. The summed E-state index contributed by atoms with van der Waals surface area (Å²) in [5.41, 5.74) is 0.345. The average Bonchev–Trinajstić information content (AvgIpc) is 3.13. The van der Waals surface area contributed by atoms with Crippen molar-refractivity contribution < 1.29 is 23.8 Å². The van der Waals surface area contributed by atoms with Gasteiger partial charge in [-0.2, -0.15) is 0 Å². The Morgan fingerprint density at radius 3 is 2.62 bits per heavy atom. The minimum absolute atomic E-state index is 0.0790. The summed E-state index contributed by atoms with van der Waals surface area (Å²) in [6.07, 6.45) is 0. The Balaban J connectivity index is 1.95. The maximum absolute atomic E-state index is 12.0. The van der Waals surface area contributed by atoms with E-state index in [2.05, 4.69) is 10.1 Å². The van der Waals surface area contributed by atoms with Crippen molar-refractivity contribution in [2.24, 2.45) is 0 Å². The van der Waals surface area contributed by atoms with Gasteiger partial charge in [-0.05, 0) is 36.6 Å². The molecule has 0 bridgehead atoms. The van der Waals surface area contributed by atoms with Gasteiger partial charge in [0.15, 0.2) is 18.1 Å². The van der Waals surface area contributed by atoms with E-state index in [1.54, 1.807) is 23.5 Å². The number of hydrogen-bond donors (Lipinski definition) is 1. The number of amides is 1. The number of hydrogen-bond acceptors (Lipinski definition) is 6. The molecule has 2 aromatic rings. The van der Waals surface area contributed by atoms with Gasteiger partial charge >= 0.3 is 5.97 Å². The van der Waals surface area contributed by atoms with Gasteiger partial charge in [0, 0.05) is 4.88 Å². The second-order valence-electron chi connectivity index (χ2n) is 4.95. The predicted molar refractivity (Wildman–Crippen MR) is 90.7 cm³/mol.